The van der Waals surface area contributed by atoms with Crippen molar-refractivity contribution in [3.8, 4) is 0 Å². The van der Waals surface area contributed by atoms with Gasteiger partial charge in [-0.1, -0.05) is 53.2 Å². The minimum absolute atomic E-state index is 0.0303. The van der Waals surface area contributed by atoms with E-state index < -0.39 is 0 Å². The molecule has 0 unspecified atom stereocenters. The first-order valence-corrected chi connectivity index (χ1v) is 9.58. The number of hydrogen-bond donors (Lipinski definition) is 1. The molecule has 6 nitrogen and oxygen atoms in total. The van der Waals surface area contributed by atoms with E-state index >= 15 is 0 Å². The van der Waals surface area contributed by atoms with Crippen LogP contribution in [-0.4, -0.2) is 26.2 Å². The van der Waals surface area contributed by atoms with Crippen LogP contribution in [0.3, 0.4) is 0 Å². The number of nitrogens with one attached hydrogen (secondary N) is 1. The Labute approximate surface area is 169 Å². The highest BCUT2D eigenvalue weighted by Gasteiger charge is 2.13. The summed E-state index contributed by atoms with van der Waals surface area (Å²) in [6.45, 7) is 3.97. The summed E-state index contributed by atoms with van der Waals surface area (Å²) in [5.74, 6) is -0.0753. The molecule has 138 valence electrons. The molecule has 0 aliphatic carbocycles. The Morgan fingerprint density at radius 2 is 2.11 bits per heavy atom. The molecule has 2 aromatic heterocycles. The number of halogens is 2. The van der Waals surface area contributed by atoms with Gasteiger partial charge in [-0.25, -0.2) is 9.97 Å². The number of benzene rings is 1. The summed E-state index contributed by atoms with van der Waals surface area (Å²) in [7, 11) is 0. The third-order valence-electron chi connectivity index (χ3n) is 3.54. The van der Waals surface area contributed by atoms with Gasteiger partial charge in [0.1, 0.15) is 0 Å². The second kappa shape index (κ2) is 8.56. The monoisotopic (exact) mass is 420 g/mol. The molecule has 0 radical (unpaired) electrons. The molecule has 3 aromatic rings. The summed E-state index contributed by atoms with van der Waals surface area (Å²) < 4.78 is 1.49. The number of nitrogens with zero attached hydrogens (tertiary/aromatic N) is 3. The van der Waals surface area contributed by atoms with Gasteiger partial charge in [-0.05, 0) is 18.2 Å². The largest absolute Gasteiger partial charge is 0.309 e. The molecule has 0 aliphatic heterocycles. The van der Waals surface area contributed by atoms with E-state index in [4.69, 9.17) is 23.2 Å². The molecule has 0 aliphatic rings. The lowest BCUT2D eigenvalue weighted by atomic mass is 10.2. The number of fused-ring (bicyclic) bond motifs is 1. The molecule has 27 heavy (non-hydrogen) atoms. The lowest BCUT2D eigenvalue weighted by Gasteiger charge is -2.11. The maximum atomic E-state index is 12.7. The third-order valence-corrected chi connectivity index (χ3v) is 5.01. The molecule has 0 saturated heterocycles. The maximum Gasteiger partial charge on any atom is 0.262 e. The van der Waals surface area contributed by atoms with Crippen molar-refractivity contribution in [2.45, 2.75) is 11.7 Å². The number of amides is 1. The Kier molecular flexibility index (Phi) is 6.15. The first-order valence-electron chi connectivity index (χ1n) is 7.83. The van der Waals surface area contributed by atoms with Crippen LogP contribution in [0.2, 0.25) is 10.0 Å². The van der Waals surface area contributed by atoms with Gasteiger partial charge in [0.2, 0.25) is 5.91 Å². The molecule has 0 atom stereocenters. The van der Waals surface area contributed by atoms with Crippen LogP contribution >= 0.6 is 35.0 Å². The number of thioether (sulfide) groups is 1. The zero-order valence-electron chi connectivity index (χ0n) is 14.0. The van der Waals surface area contributed by atoms with E-state index in [1.807, 2.05) is 6.07 Å². The highest BCUT2D eigenvalue weighted by Crippen LogP contribution is 2.23. The zero-order chi connectivity index (χ0) is 19.4. The fraction of sp³-hybridized carbons (Fsp3) is 0.111. The lowest BCUT2D eigenvalue weighted by molar-refractivity contribution is -0.113. The SMILES string of the molecule is C=CCn1c(SCC(=O)Nc2ncc(Cl)cc2Cl)nc2ccccc2c1=O. The van der Waals surface area contributed by atoms with E-state index in [-0.39, 0.29) is 28.1 Å². The van der Waals surface area contributed by atoms with Crippen LogP contribution in [0.5, 0.6) is 0 Å². The van der Waals surface area contributed by atoms with Gasteiger partial charge in [0.25, 0.3) is 5.56 Å². The van der Waals surface area contributed by atoms with Crippen molar-refractivity contribution in [3.05, 3.63) is 69.6 Å². The Hall–Kier alpha value is -2.35. The molecular formula is C18H14Cl2N4O2S. The van der Waals surface area contributed by atoms with Crippen molar-refractivity contribution >= 4 is 57.6 Å². The van der Waals surface area contributed by atoms with E-state index in [1.165, 1.54) is 16.8 Å². The van der Waals surface area contributed by atoms with Crippen molar-refractivity contribution in [3.63, 3.8) is 0 Å². The van der Waals surface area contributed by atoms with Crippen LogP contribution in [-0.2, 0) is 11.3 Å². The number of rotatable bonds is 6. The van der Waals surface area contributed by atoms with Gasteiger partial charge in [0, 0.05) is 12.7 Å². The van der Waals surface area contributed by atoms with E-state index in [0.29, 0.717) is 27.6 Å². The first-order chi connectivity index (χ1) is 13.0. The average Bonchev–Trinajstić information content (AvgIpc) is 2.65. The molecule has 9 heteroatoms. The van der Waals surface area contributed by atoms with Gasteiger partial charge in [0.05, 0.1) is 26.7 Å². The molecule has 0 bridgehead atoms. The van der Waals surface area contributed by atoms with Crippen molar-refractivity contribution < 1.29 is 4.79 Å². The van der Waals surface area contributed by atoms with Gasteiger partial charge in [-0.15, -0.1) is 6.58 Å². The Morgan fingerprint density at radius 1 is 1.33 bits per heavy atom. The second-order valence-corrected chi connectivity index (χ2v) is 7.22. The van der Waals surface area contributed by atoms with E-state index in [9.17, 15) is 9.59 Å². The number of carbonyl (C=O) groups is 1. The van der Waals surface area contributed by atoms with E-state index in [2.05, 4.69) is 21.9 Å². The summed E-state index contributed by atoms with van der Waals surface area (Å²) in [6.07, 6.45) is 3.00. The highest BCUT2D eigenvalue weighted by atomic mass is 35.5. The zero-order valence-corrected chi connectivity index (χ0v) is 16.3. The summed E-state index contributed by atoms with van der Waals surface area (Å²) >= 11 is 12.9. The predicted molar refractivity (Wildman–Crippen MR) is 110 cm³/mol. The first kappa shape index (κ1) is 19.4. The molecule has 3 rings (SSSR count). The van der Waals surface area contributed by atoms with Crippen LogP contribution in [0, 0.1) is 0 Å². The van der Waals surface area contributed by atoms with E-state index in [0.717, 1.165) is 11.8 Å². The topological polar surface area (TPSA) is 76.9 Å². The molecule has 0 fully saturated rings. The molecular weight excluding hydrogens is 407 g/mol. The standard InChI is InChI=1S/C18H14Cl2N4O2S/c1-2-7-24-17(26)12-5-3-4-6-14(12)22-18(24)27-10-15(25)23-16-13(20)8-11(19)9-21-16/h2-6,8-9H,1,7,10H2,(H,21,23,25). The van der Waals surface area contributed by atoms with Crippen molar-refractivity contribution in [1.29, 1.82) is 0 Å². The van der Waals surface area contributed by atoms with Gasteiger partial charge in [0.15, 0.2) is 11.0 Å². The van der Waals surface area contributed by atoms with Crippen LogP contribution in [0.4, 0.5) is 5.82 Å². The number of pyridine rings is 1. The second-order valence-electron chi connectivity index (χ2n) is 5.44. The van der Waals surface area contributed by atoms with Crippen LogP contribution in [0.25, 0.3) is 10.9 Å². The number of carbonyl (C=O) groups excluding carboxylic acids is 1. The number of para-hydroxylation sites is 1. The molecule has 1 N–H and O–H groups in total. The smallest absolute Gasteiger partial charge is 0.262 e. The third kappa shape index (κ3) is 4.50. The van der Waals surface area contributed by atoms with Gasteiger partial charge < -0.3 is 5.32 Å². The van der Waals surface area contributed by atoms with Crippen molar-refractivity contribution in [1.82, 2.24) is 14.5 Å². The van der Waals surface area contributed by atoms with Gasteiger partial charge in [-0.3, -0.25) is 14.2 Å². The molecule has 1 amide bonds. The van der Waals surface area contributed by atoms with Crippen LogP contribution in [0.15, 0.2) is 59.1 Å². The van der Waals surface area contributed by atoms with Crippen molar-refractivity contribution in [2.24, 2.45) is 0 Å². The minimum Gasteiger partial charge on any atom is -0.309 e. The Bertz CT molecular complexity index is 1080. The fourth-order valence-corrected chi connectivity index (χ4v) is 3.59. The van der Waals surface area contributed by atoms with Gasteiger partial charge >= 0.3 is 0 Å². The minimum atomic E-state index is -0.329. The normalized spacial score (nSPS) is 10.7. The Morgan fingerprint density at radius 3 is 2.85 bits per heavy atom. The molecule has 2 heterocycles. The summed E-state index contributed by atoms with van der Waals surface area (Å²) in [4.78, 5) is 33.4. The molecule has 0 saturated carbocycles. The average molecular weight is 421 g/mol. The number of anilines is 1. The fourth-order valence-electron chi connectivity index (χ4n) is 2.35. The number of allylic oxidation sites excluding steroid dienone is 1. The summed E-state index contributed by atoms with van der Waals surface area (Å²) in [5.41, 5.74) is 0.402. The molecule has 1 aromatic carbocycles. The maximum absolute atomic E-state index is 12.7. The number of hydrogen-bond acceptors (Lipinski definition) is 5. The van der Waals surface area contributed by atoms with Crippen molar-refractivity contribution in [2.75, 3.05) is 11.1 Å². The van der Waals surface area contributed by atoms with Crippen LogP contribution < -0.4 is 10.9 Å². The highest BCUT2D eigenvalue weighted by molar-refractivity contribution is 7.99. The van der Waals surface area contributed by atoms with Gasteiger partial charge in [-0.2, -0.15) is 0 Å². The predicted octanol–water partition coefficient (Wildman–Crippen LogP) is 4.02. The van der Waals surface area contributed by atoms with Crippen LogP contribution in [0.1, 0.15) is 0 Å². The summed E-state index contributed by atoms with van der Waals surface area (Å²) in [6, 6.07) is 8.57. The lowest BCUT2D eigenvalue weighted by Crippen LogP contribution is -2.24. The van der Waals surface area contributed by atoms with E-state index in [1.54, 1.807) is 24.3 Å². The Balaban J connectivity index is 1.81. The number of aromatic nitrogens is 3. The quantitative estimate of drug-likeness (QED) is 0.370. The molecule has 0 spiro atoms. The summed E-state index contributed by atoms with van der Waals surface area (Å²) in [5, 5.41) is 4.19.